The van der Waals surface area contributed by atoms with Crippen LogP contribution in [0, 0.1) is 11.3 Å². The molecule has 4 rings (SSSR count). The van der Waals surface area contributed by atoms with Crippen molar-refractivity contribution in [3.05, 3.63) is 70.7 Å². The molecule has 140 valence electrons. The number of rotatable bonds is 6. The number of fused-ring (bicyclic) bond motifs is 3. The van der Waals surface area contributed by atoms with Crippen molar-refractivity contribution in [1.29, 1.82) is 5.26 Å². The van der Waals surface area contributed by atoms with Crippen molar-refractivity contribution in [3.8, 4) is 11.8 Å². The fraction of sp³-hybridized carbons (Fsp3) is 0.182. The molecule has 0 saturated carbocycles. The normalized spacial score (nSPS) is 11.0. The number of ether oxygens (including phenoxy) is 1. The lowest BCUT2D eigenvalue weighted by Crippen LogP contribution is -2.03. The first kappa shape index (κ1) is 18.7. The average Bonchev–Trinajstić information content (AvgIpc) is 3.11. The summed E-state index contributed by atoms with van der Waals surface area (Å²) < 4.78 is 7.89. The van der Waals surface area contributed by atoms with E-state index in [2.05, 4.69) is 23.5 Å². The second kappa shape index (κ2) is 8.14. The van der Waals surface area contributed by atoms with Crippen LogP contribution in [-0.2, 0) is 6.42 Å². The van der Waals surface area contributed by atoms with Crippen LogP contribution in [0.4, 0.5) is 0 Å². The maximum absolute atomic E-state index is 9.69. The predicted octanol–water partition coefficient (Wildman–Crippen LogP) is 5.75. The van der Waals surface area contributed by atoms with E-state index in [1.54, 1.807) is 11.8 Å². The lowest BCUT2D eigenvalue weighted by molar-refractivity contribution is 0.344. The van der Waals surface area contributed by atoms with Crippen LogP contribution in [0.3, 0.4) is 0 Å². The summed E-state index contributed by atoms with van der Waals surface area (Å²) in [4.78, 5) is 4.72. The molecule has 4 nitrogen and oxygen atoms in total. The summed E-state index contributed by atoms with van der Waals surface area (Å²) in [7, 11) is 0. The summed E-state index contributed by atoms with van der Waals surface area (Å²) in [5, 5.41) is 11.4. The van der Waals surface area contributed by atoms with Gasteiger partial charge in [-0.1, -0.05) is 42.8 Å². The van der Waals surface area contributed by atoms with Crippen LogP contribution in [0.5, 0.6) is 5.75 Å². The molecule has 0 aliphatic heterocycles. The molecule has 0 N–H and O–H groups in total. The van der Waals surface area contributed by atoms with Gasteiger partial charge in [0.2, 0.25) is 0 Å². The van der Waals surface area contributed by atoms with Gasteiger partial charge in [-0.05, 0) is 42.3 Å². The summed E-state index contributed by atoms with van der Waals surface area (Å²) in [6, 6.07) is 19.9. The Morgan fingerprint density at radius 3 is 2.75 bits per heavy atom. The van der Waals surface area contributed by atoms with Gasteiger partial charge in [-0.2, -0.15) is 5.26 Å². The third kappa shape index (κ3) is 3.42. The van der Waals surface area contributed by atoms with Gasteiger partial charge in [-0.15, -0.1) is 11.8 Å². The zero-order chi connectivity index (χ0) is 19.5. The number of benzene rings is 2. The Balaban J connectivity index is 1.66. The van der Waals surface area contributed by atoms with Crippen molar-refractivity contribution in [2.24, 2.45) is 0 Å². The Morgan fingerprint density at radius 1 is 1.18 bits per heavy atom. The molecule has 6 heteroatoms. The van der Waals surface area contributed by atoms with Crippen molar-refractivity contribution in [2.75, 3.05) is 12.4 Å². The molecule has 0 aliphatic carbocycles. The number of pyridine rings is 1. The van der Waals surface area contributed by atoms with E-state index in [4.69, 9.17) is 21.3 Å². The molecule has 0 fully saturated rings. The Bertz CT molecular complexity index is 1200. The summed E-state index contributed by atoms with van der Waals surface area (Å²) in [5.74, 6) is 1.44. The molecule has 0 radical (unpaired) electrons. The lowest BCUT2D eigenvalue weighted by Gasteiger charge is -2.12. The first-order valence-corrected chi connectivity index (χ1v) is 10.4. The van der Waals surface area contributed by atoms with Gasteiger partial charge in [0.05, 0.1) is 33.3 Å². The Hall–Kier alpha value is -2.68. The molecular weight excluding hydrogens is 390 g/mol. The van der Waals surface area contributed by atoms with Crippen molar-refractivity contribution in [2.45, 2.75) is 18.4 Å². The highest BCUT2D eigenvalue weighted by atomic mass is 35.5. The molecule has 2 aromatic heterocycles. The van der Waals surface area contributed by atoms with E-state index in [-0.39, 0.29) is 0 Å². The number of hydrogen-bond acceptors (Lipinski definition) is 4. The topological polar surface area (TPSA) is 50.3 Å². The molecule has 0 aliphatic rings. The number of aromatic nitrogens is 2. The minimum absolute atomic E-state index is 0.532. The first-order chi connectivity index (χ1) is 13.7. The van der Waals surface area contributed by atoms with Gasteiger partial charge >= 0.3 is 0 Å². The van der Waals surface area contributed by atoms with Crippen LogP contribution in [0.25, 0.3) is 16.7 Å². The van der Waals surface area contributed by atoms with Gasteiger partial charge in [-0.25, -0.2) is 4.98 Å². The van der Waals surface area contributed by atoms with E-state index >= 15 is 0 Å². The van der Waals surface area contributed by atoms with E-state index in [0.29, 0.717) is 22.9 Å². The molecule has 0 bridgehead atoms. The summed E-state index contributed by atoms with van der Waals surface area (Å²) >= 11 is 7.84. The molecule has 28 heavy (non-hydrogen) atoms. The number of hydrogen-bond donors (Lipinski definition) is 0. The number of halogens is 1. The van der Waals surface area contributed by atoms with E-state index in [0.717, 1.165) is 39.4 Å². The molecule has 0 amide bonds. The Morgan fingerprint density at radius 2 is 1.96 bits per heavy atom. The number of para-hydroxylation sites is 3. The standard InChI is InChI=1S/C22H18ClN3OS/c1-2-15-13-21(28-12-11-27-20-10-6-3-7-17(20)23)26-19-9-5-4-8-18(19)25-22(26)16(15)14-24/h3-10,13H,2,11-12H2,1H3. The molecule has 2 heterocycles. The van der Waals surface area contributed by atoms with Gasteiger partial charge in [0.1, 0.15) is 11.8 Å². The third-order valence-electron chi connectivity index (χ3n) is 4.54. The minimum atomic E-state index is 0.532. The molecule has 4 aromatic rings. The molecule has 0 spiro atoms. The number of thioether (sulfide) groups is 1. The summed E-state index contributed by atoms with van der Waals surface area (Å²) in [5.41, 5.74) is 4.28. The van der Waals surface area contributed by atoms with E-state index in [9.17, 15) is 5.26 Å². The van der Waals surface area contributed by atoms with Gasteiger partial charge in [0, 0.05) is 5.75 Å². The number of nitrogens with zero attached hydrogens (tertiary/aromatic N) is 3. The van der Waals surface area contributed by atoms with Crippen LogP contribution in [0.2, 0.25) is 5.02 Å². The van der Waals surface area contributed by atoms with E-state index in [1.807, 2.05) is 48.5 Å². The molecule has 0 unspecified atom stereocenters. The van der Waals surface area contributed by atoms with Gasteiger partial charge in [-0.3, -0.25) is 4.40 Å². The SMILES string of the molecule is CCc1cc(SCCOc2ccccc2Cl)n2c(nc3ccccc32)c1C#N. The first-order valence-electron chi connectivity index (χ1n) is 9.06. The molecule has 0 saturated heterocycles. The van der Waals surface area contributed by atoms with E-state index in [1.165, 1.54) is 0 Å². The average molecular weight is 408 g/mol. The highest BCUT2D eigenvalue weighted by molar-refractivity contribution is 7.99. The highest BCUT2D eigenvalue weighted by Crippen LogP contribution is 2.30. The Kier molecular flexibility index (Phi) is 5.43. The smallest absolute Gasteiger partial charge is 0.157 e. The fourth-order valence-electron chi connectivity index (χ4n) is 3.21. The molecule has 0 atom stereocenters. The Labute approximate surface area is 172 Å². The van der Waals surface area contributed by atoms with Crippen molar-refractivity contribution < 1.29 is 4.74 Å². The van der Waals surface area contributed by atoms with Gasteiger partial charge < -0.3 is 4.74 Å². The third-order valence-corrected chi connectivity index (χ3v) is 5.82. The minimum Gasteiger partial charge on any atom is -0.491 e. The van der Waals surface area contributed by atoms with Crippen LogP contribution < -0.4 is 4.74 Å². The van der Waals surface area contributed by atoms with Crippen LogP contribution in [0.1, 0.15) is 18.1 Å². The number of imidazole rings is 1. The zero-order valence-corrected chi connectivity index (χ0v) is 16.9. The van der Waals surface area contributed by atoms with Gasteiger partial charge in [0.25, 0.3) is 0 Å². The second-order valence-corrected chi connectivity index (χ2v) is 7.76. The largest absolute Gasteiger partial charge is 0.491 e. The molecular formula is C22H18ClN3OS. The summed E-state index contributed by atoms with van der Waals surface area (Å²) in [6.45, 7) is 2.59. The number of aryl methyl sites for hydroxylation is 1. The van der Waals surface area contributed by atoms with Crippen molar-refractivity contribution >= 4 is 40.0 Å². The quantitative estimate of drug-likeness (QED) is 0.302. The van der Waals surface area contributed by atoms with Crippen LogP contribution >= 0.6 is 23.4 Å². The lowest BCUT2D eigenvalue weighted by atomic mass is 10.1. The zero-order valence-electron chi connectivity index (χ0n) is 15.4. The van der Waals surface area contributed by atoms with Crippen molar-refractivity contribution in [3.63, 3.8) is 0 Å². The fourth-order valence-corrected chi connectivity index (χ4v) is 4.32. The monoisotopic (exact) mass is 407 g/mol. The van der Waals surface area contributed by atoms with Crippen LogP contribution in [-0.4, -0.2) is 21.7 Å². The summed E-state index contributed by atoms with van der Waals surface area (Å²) in [6.07, 6.45) is 0.784. The van der Waals surface area contributed by atoms with Crippen LogP contribution in [0.15, 0.2) is 59.6 Å². The molecule has 2 aromatic carbocycles. The second-order valence-electron chi connectivity index (χ2n) is 6.24. The highest BCUT2D eigenvalue weighted by Gasteiger charge is 2.16. The van der Waals surface area contributed by atoms with E-state index < -0.39 is 0 Å². The van der Waals surface area contributed by atoms with Crippen molar-refractivity contribution in [1.82, 2.24) is 9.38 Å². The predicted molar refractivity (Wildman–Crippen MR) is 114 cm³/mol. The number of nitriles is 1. The maximum atomic E-state index is 9.69. The maximum Gasteiger partial charge on any atom is 0.157 e. The van der Waals surface area contributed by atoms with Gasteiger partial charge in [0.15, 0.2) is 5.65 Å².